The van der Waals surface area contributed by atoms with Crippen molar-refractivity contribution in [3.05, 3.63) is 58.5 Å². The molecule has 0 aliphatic carbocycles. The molecular weight excluding hydrogens is 470 g/mol. The number of thiophene rings is 1. The zero-order valence-corrected chi connectivity index (χ0v) is 21.8. The van der Waals surface area contributed by atoms with E-state index in [1.54, 1.807) is 6.20 Å². The first-order valence-electron chi connectivity index (χ1n) is 11.5. The molecule has 0 spiro atoms. The van der Waals surface area contributed by atoms with Crippen molar-refractivity contribution in [1.82, 2.24) is 14.9 Å². The lowest BCUT2D eigenvalue weighted by molar-refractivity contribution is 0.194. The maximum absolute atomic E-state index is 13.4. The number of benzene rings is 1. The third-order valence-electron chi connectivity index (χ3n) is 5.72. The van der Waals surface area contributed by atoms with Gasteiger partial charge in [0.2, 0.25) is 0 Å². The van der Waals surface area contributed by atoms with E-state index in [-0.39, 0.29) is 12.3 Å². The number of carboxylic acid groups (broad SMARTS) is 1. The Labute approximate surface area is 205 Å². The Kier molecular flexibility index (Phi) is 8.54. The number of aromatic nitrogens is 2. The second-order valence-corrected chi connectivity index (χ2v) is 12.4. The average Bonchev–Trinajstić information content (AvgIpc) is 3.31. The lowest BCUT2D eigenvalue weighted by Gasteiger charge is -2.10. The summed E-state index contributed by atoms with van der Waals surface area (Å²) in [6, 6.07) is 8.10. The number of hydrogen-bond donors (Lipinski definition) is 2. The smallest absolute Gasteiger partial charge is 0.404 e. The van der Waals surface area contributed by atoms with Gasteiger partial charge in [-0.25, -0.2) is 18.2 Å². The van der Waals surface area contributed by atoms with E-state index in [1.807, 2.05) is 44.3 Å². The molecule has 0 fully saturated rings. The standard InChI is InChI=1S/C25H33N3O4S2/c1-17(2)15-22-18(3)23(24(33-22)34(31,32)14-6-5-11-27-25(29)30)21-9-7-20(8-10-21)16-28-13-12-26-19(28)4/h7-10,12-13,17,27H,5-6,11,14-16H2,1-4H3,(H,29,30). The van der Waals surface area contributed by atoms with E-state index in [4.69, 9.17) is 5.11 Å². The number of amides is 1. The molecular formula is C25H33N3O4S2. The summed E-state index contributed by atoms with van der Waals surface area (Å²) in [5.74, 6) is 1.37. The van der Waals surface area contributed by atoms with Crippen molar-refractivity contribution >= 4 is 27.3 Å². The number of nitrogens with zero attached hydrogens (tertiary/aromatic N) is 2. The normalized spacial score (nSPS) is 11.8. The quantitative estimate of drug-likeness (QED) is 0.346. The maximum Gasteiger partial charge on any atom is 0.404 e. The summed E-state index contributed by atoms with van der Waals surface area (Å²) in [6.45, 7) is 9.21. The lowest BCUT2D eigenvalue weighted by Crippen LogP contribution is -2.22. The second-order valence-electron chi connectivity index (χ2n) is 8.97. The van der Waals surface area contributed by atoms with E-state index in [0.29, 0.717) is 29.5 Å². The predicted octanol–water partition coefficient (Wildman–Crippen LogP) is 5.30. The Bertz CT molecular complexity index is 1230. The zero-order chi connectivity index (χ0) is 24.9. The van der Waals surface area contributed by atoms with Crippen LogP contribution in [0.15, 0.2) is 40.9 Å². The van der Waals surface area contributed by atoms with Crippen LogP contribution in [-0.4, -0.2) is 41.5 Å². The molecule has 34 heavy (non-hydrogen) atoms. The van der Waals surface area contributed by atoms with E-state index in [9.17, 15) is 13.2 Å². The molecule has 0 saturated carbocycles. The van der Waals surface area contributed by atoms with E-state index in [2.05, 4.69) is 28.7 Å². The molecule has 0 bridgehead atoms. The molecule has 9 heteroatoms. The minimum Gasteiger partial charge on any atom is -0.465 e. The molecule has 2 N–H and O–H groups in total. The Morgan fingerprint density at radius 1 is 1.18 bits per heavy atom. The van der Waals surface area contributed by atoms with Crippen LogP contribution in [0.25, 0.3) is 11.1 Å². The highest BCUT2D eigenvalue weighted by molar-refractivity contribution is 7.93. The number of nitrogens with one attached hydrogen (secondary N) is 1. The van der Waals surface area contributed by atoms with Gasteiger partial charge in [-0.15, -0.1) is 11.3 Å². The van der Waals surface area contributed by atoms with Gasteiger partial charge >= 0.3 is 6.09 Å². The van der Waals surface area contributed by atoms with E-state index < -0.39 is 15.9 Å². The summed E-state index contributed by atoms with van der Waals surface area (Å²) in [4.78, 5) is 16.0. The third kappa shape index (κ3) is 6.48. The van der Waals surface area contributed by atoms with Crippen LogP contribution in [0.1, 0.15) is 48.5 Å². The predicted molar refractivity (Wildman–Crippen MR) is 136 cm³/mol. The van der Waals surface area contributed by atoms with Gasteiger partial charge in [-0.1, -0.05) is 38.1 Å². The Morgan fingerprint density at radius 3 is 2.47 bits per heavy atom. The van der Waals surface area contributed by atoms with Gasteiger partial charge < -0.3 is 15.0 Å². The fourth-order valence-corrected chi connectivity index (χ4v) is 7.58. The van der Waals surface area contributed by atoms with Crippen LogP contribution in [0.5, 0.6) is 0 Å². The van der Waals surface area contributed by atoms with Gasteiger partial charge in [-0.05, 0) is 55.7 Å². The summed E-state index contributed by atoms with van der Waals surface area (Å²) in [5, 5.41) is 11.0. The summed E-state index contributed by atoms with van der Waals surface area (Å²) < 4.78 is 29.2. The molecule has 0 atom stereocenters. The second kappa shape index (κ2) is 11.2. The van der Waals surface area contributed by atoms with Gasteiger partial charge in [-0.3, -0.25) is 0 Å². The number of carbonyl (C=O) groups is 1. The SMILES string of the molecule is Cc1c(CC(C)C)sc(S(=O)(=O)CCCCNC(=O)O)c1-c1ccc(Cn2ccnc2C)cc1. The van der Waals surface area contributed by atoms with Crippen molar-refractivity contribution in [1.29, 1.82) is 0 Å². The highest BCUT2D eigenvalue weighted by Gasteiger charge is 2.26. The summed E-state index contributed by atoms with van der Waals surface area (Å²) in [7, 11) is -3.50. The average molecular weight is 504 g/mol. The summed E-state index contributed by atoms with van der Waals surface area (Å²) >= 11 is 1.38. The number of rotatable bonds is 11. The number of imidazole rings is 1. The zero-order valence-electron chi connectivity index (χ0n) is 20.2. The monoisotopic (exact) mass is 503 g/mol. The molecule has 7 nitrogen and oxygen atoms in total. The first-order chi connectivity index (χ1) is 16.1. The Morgan fingerprint density at radius 2 is 1.88 bits per heavy atom. The van der Waals surface area contributed by atoms with Crippen LogP contribution in [-0.2, 0) is 22.8 Å². The van der Waals surface area contributed by atoms with Crippen LogP contribution in [0.2, 0.25) is 0 Å². The van der Waals surface area contributed by atoms with E-state index >= 15 is 0 Å². The van der Waals surface area contributed by atoms with Gasteiger partial charge in [0.25, 0.3) is 0 Å². The highest BCUT2D eigenvalue weighted by atomic mass is 32.2. The molecule has 3 aromatic rings. The highest BCUT2D eigenvalue weighted by Crippen LogP contribution is 2.41. The molecule has 0 radical (unpaired) electrons. The minimum absolute atomic E-state index is 0.000358. The van der Waals surface area contributed by atoms with Crippen LogP contribution in [0.3, 0.4) is 0 Å². The van der Waals surface area contributed by atoms with Gasteiger partial charge in [0.15, 0.2) is 9.84 Å². The van der Waals surface area contributed by atoms with Gasteiger partial charge in [0.1, 0.15) is 10.0 Å². The van der Waals surface area contributed by atoms with Crippen LogP contribution < -0.4 is 5.32 Å². The number of aryl methyl sites for hydroxylation is 1. The maximum atomic E-state index is 13.4. The van der Waals surface area contributed by atoms with Crippen molar-refractivity contribution in [2.75, 3.05) is 12.3 Å². The summed E-state index contributed by atoms with van der Waals surface area (Å²) in [6.07, 6.45) is 4.35. The third-order valence-corrected chi connectivity index (χ3v) is 9.44. The molecule has 0 aliphatic heterocycles. The molecule has 0 unspecified atom stereocenters. The van der Waals surface area contributed by atoms with Gasteiger partial charge in [0, 0.05) is 35.9 Å². The molecule has 184 valence electrons. The van der Waals surface area contributed by atoms with Crippen LogP contribution in [0, 0.1) is 19.8 Å². The first-order valence-corrected chi connectivity index (χ1v) is 13.9. The van der Waals surface area contributed by atoms with Crippen LogP contribution in [0.4, 0.5) is 4.79 Å². The number of hydrogen-bond acceptors (Lipinski definition) is 5. The molecule has 1 amide bonds. The molecule has 0 aliphatic rings. The van der Waals surface area contributed by atoms with Crippen molar-refractivity contribution in [2.45, 2.75) is 57.7 Å². The van der Waals surface area contributed by atoms with Crippen molar-refractivity contribution < 1.29 is 18.3 Å². The van der Waals surface area contributed by atoms with E-state index in [0.717, 1.165) is 39.4 Å². The van der Waals surface area contributed by atoms with Crippen molar-refractivity contribution in [3.8, 4) is 11.1 Å². The molecule has 1 aromatic carbocycles. The number of unbranched alkanes of at least 4 members (excludes halogenated alkanes) is 1. The fraction of sp³-hybridized carbons (Fsp3) is 0.440. The topological polar surface area (TPSA) is 101 Å². The summed E-state index contributed by atoms with van der Waals surface area (Å²) in [5.41, 5.74) is 3.86. The molecule has 2 aromatic heterocycles. The van der Waals surface area contributed by atoms with Crippen molar-refractivity contribution in [3.63, 3.8) is 0 Å². The molecule has 2 heterocycles. The Balaban J connectivity index is 1.89. The molecule has 3 rings (SSSR count). The van der Waals surface area contributed by atoms with Crippen LogP contribution >= 0.6 is 11.3 Å². The van der Waals surface area contributed by atoms with E-state index in [1.165, 1.54) is 11.3 Å². The fourth-order valence-electron chi connectivity index (χ4n) is 3.90. The van der Waals surface area contributed by atoms with Gasteiger partial charge in [0.05, 0.1) is 5.75 Å². The molecule has 0 saturated heterocycles. The van der Waals surface area contributed by atoms with Crippen molar-refractivity contribution in [2.24, 2.45) is 5.92 Å². The number of sulfone groups is 1. The largest absolute Gasteiger partial charge is 0.465 e. The first kappa shape index (κ1) is 26.0. The lowest BCUT2D eigenvalue weighted by atomic mass is 9.99. The van der Waals surface area contributed by atoms with Gasteiger partial charge in [-0.2, -0.15) is 0 Å². The Hall–Kier alpha value is -2.65. The minimum atomic E-state index is -3.50.